The molecule has 7 aromatic rings. The number of rotatable bonds is 15. The number of halogens is 1. The molecule has 27 nitrogen and oxygen atoms in total. The van der Waals surface area contributed by atoms with Gasteiger partial charge < -0.3 is 35.7 Å². The Balaban J connectivity index is 0.000000461. The normalized spacial score (nSPS) is 10.1. The first-order valence-electron chi connectivity index (χ1n) is 23.5. The number of carbonyl (C=O) groups is 7. The minimum absolute atomic E-state index is 0.00167. The minimum atomic E-state index is -0.907. The van der Waals surface area contributed by atoms with Gasteiger partial charge in [0.2, 0.25) is 0 Å². The van der Waals surface area contributed by atoms with E-state index in [4.69, 9.17) is 35.7 Å². The maximum atomic E-state index is 10.4. The van der Waals surface area contributed by atoms with Gasteiger partial charge in [0, 0.05) is 74.7 Å². The third kappa shape index (κ3) is 26.8. The predicted molar refractivity (Wildman–Crippen MR) is 292 cm³/mol. The number of hydrogen-bond donors (Lipinski definition) is 7. The van der Waals surface area contributed by atoms with E-state index in [-0.39, 0.29) is 44.9 Å². The van der Waals surface area contributed by atoms with Crippen LogP contribution in [0.2, 0.25) is 0 Å². The molecule has 0 amide bonds. The smallest absolute Gasteiger partial charge is 0.311 e. The van der Waals surface area contributed by atoms with E-state index in [1.54, 1.807) is 62.9 Å². The van der Waals surface area contributed by atoms with Crippen molar-refractivity contribution in [2.45, 2.75) is 114 Å². The number of hydrogen-bond acceptors (Lipinski definition) is 17. The van der Waals surface area contributed by atoms with Gasteiger partial charge in [-0.05, 0) is 95.9 Å². The van der Waals surface area contributed by atoms with E-state index in [1.165, 1.54) is 22.7 Å². The van der Waals surface area contributed by atoms with Gasteiger partial charge in [-0.3, -0.25) is 57.0 Å². The molecule has 0 aliphatic heterocycles. The lowest BCUT2D eigenvalue weighted by Crippen LogP contribution is -2.02. The van der Waals surface area contributed by atoms with Gasteiger partial charge in [-0.25, -0.2) is 15.0 Å². The van der Waals surface area contributed by atoms with Gasteiger partial charge in [0.15, 0.2) is 5.82 Å². The van der Waals surface area contributed by atoms with E-state index in [1.807, 2.05) is 75.6 Å². The fourth-order valence-corrected chi connectivity index (χ4v) is 8.05. The van der Waals surface area contributed by atoms with Gasteiger partial charge in [0.1, 0.15) is 12.2 Å². The summed E-state index contributed by atoms with van der Waals surface area (Å²) in [6.45, 7) is 16.9. The highest BCUT2D eigenvalue weighted by molar-refractivity contribution is 9.10. The molecule has 0 bridgehead atoms. The molecule has 0 spiro atoms. The summed E-state index contributed by atoms with van der Waals surface area (Å²) >= 11 is 6.29. The van der Waals surface area contributed by atoms with Gasteiger partial charge in [-0.1, -0.05) is 0 Å². The number of thiazole rings is 2. The van der Waals surface area contributed by atoms with Gasteiger partial charge in [0.05, 0.1) is 87.2 Å². The van der Waals surface area contributed by atoms with E-state index >= 15 is 0 Å². The van der Waals surface area contributed by atoms with Crippen molar-refractivity contribution in [2.24, 2.45) is 35.2 Å². The van der Waals surface area contributed by atoms with Gasteiger partial charge >= 0.3 is 41.8 Å². The zero-order valence-electron chi connectivity index (χ0n) is 46.4. The Morgan fingerprint density at radius 3 is 1.28 bits per heavy atom. The van der Waals surface area contributed by atoms with Crippen LogP contribution < -0.4 is 0 Å². The fourth-order valence-electron chi connectivity index (χ4n) is 6.13. The van der Waals surface area contributed by atoms with Crippen LogP contribution >= 0.6 is 38.6 Å². The minimum Gasteiger partial charge on any atom is -0.481 e. The number of aromatic nitrogens is 13. The summed E-state index contributed by atoms with van der Waals surface area (Å²) in [4.78, 5) is 84.9. The average molecular weight is 1210 g/mol. The standard InChI is InChI=1S/2C8H12N2O2.C7H9BrN2O2.C7H10N2O2.C7H9NO2S.C6H9N3O2.C6H7NO2S/c1-5-6(2)10(3)9-7(5)4-8(11)12;1-6-5-7(9-10(6)2)3-4-8(11)12;1-4-7(8)5(3-6(11)12)9-10(4)2;1-5-3-6(4-7(10)11)8-9(5)2;1-4-6(3-7(9)10)8-5(2)11-4;1-4-7-5(3-6(10)11)8-9(4)2;1-4-7-5(3-10-4)2-6(8)9/h4H2,1-3H3,(H,11,12);5H,3-4H2,1-2H3,(H,11,12);3H2,1-2H3,(H,11,12);3H,4H2,1-2H3,(H,10,11);3H2,1-2H3,(H,9,10);3H2,1-2H3,(H,10,11);3H,2H2,1H3,(H,8,9). The summed E-state index contributed by atoms with van der Waals surface area (Å²) in [6, 6.07) is 3.68. The molecule has 30 heteroatoms. The number of aliphatic carboxylic acids is 7. The van der Waals surface area contributed by atoms with Crippen molar-refractivity contribution in [3.05, 3.63) is 111 Å². The number of nitrogens with zero attached hydrogens (tertiary/aromatic N) is 13. The van der Waals surface area contributed by atoms with Crippen molar-refractivity contribution in [1.29, 1.82) is 0 Å². The van der Waals surface area contributed by atoms with Gasteiger partial charge in [-0.15, -0.1) is 22.7 Å². The lowest BCUT2D eigenvalue weighted by molar-refractivity contribution is -0.137. The Bertz CT molecular complexity index is 3000. The van der Waals surface area contributed by atoms with Crippen molar-refractivity contribution in [3.63, 3.8) is 0 Å². The van der Waals surface area contributed by atoms with Crippen molar-refractivity contribution in [2.75, 3.05) is 0 Å². The van der Waals surface area contributed by atoms with Crippen LogP contribution in [0.3, 0.4) is 0 Å². The van der Waals surface area contributed by atoms with E-state index in [0.717, 1.165) is 59.2 Å². The largest absolute Gasteiger partial charge is 0.481 e. The molecule has 79 heavy (non-hydrogen) atoms. The highest BCUT2D eigenvalue weighted by Crippen LogP contribution is 2.20. The van der Waals surface area contributed by atoms with Crippen LogP contribution in [0.1, 0.15) is 95.5 Å². The Hall–Kier alpha value is -7.99. The van der Waals surface area contributed by atoms with Crippen LogP contribution in [0.4, 0.5) is 0 Å². The van der Waals surface area contributed by atoms with E-state index in [2.05, 4.69) is 56.4 Å². The second-order valence-electron chi connectivity index (χ2n) is 17.2. The predicted octanol–water partition coefficient (Wildman–Crippen LogP) is 5.10. The Kier molecular flexibility index (Phi) is 29.1. The molecule has 0 aliphatic rings. The molecular weight excluding hydrogens is 1140 g/mol. The monoisotopic (exact) mass is 1210 g/mol. The van der Waals surface area contributed by atoms with Crippen molar-refractivity contribution < 1.29 is 69.3 Å². The van der Waals surface area contributed by atoms with Crippen molar-refractivity contribution in [3.8, 4) is 0 Å². The van der Waals surface area contributed by atoms with Crippen LogP contribution in [-0.4, -0.2) is 141 Å². The lowest BCUT2D eigenvalue weighted by atomic mass is 10.2. The van der Waals surface area contributed by atoms with Crippen LogP contribution in [-0.2, 0) is 114 Å². The van der Waals surface area contributed by atoms with Gasteiger partial charge in [-0.2, -0.15) is 25.5 Å². The molecule has 7 aromatic heterocycles. The average Bonchev–Trinajstić information content (AvgIpc) is 4.18. The third-order valence-electron chi connectivity index (χ3n) is 10.6. The molecule has 0 atom stereocenters. The number of aryl methyl sites for hydroxylation is 12. The summed E-state index contributed by atoms with van der Waals surface area (Å²) in [5.74, 6) is -4.80. The van der Waals surface area contributed by atoms with E-state index in [0.29, 0.717) is 40.7 Å². The molecule has 0 fully saturated rings. The quantitative estimate of drug-likeness (QED) is 0.0702. The molecular formula is C49H68BrN13O14S2. The molecule has 0 radical (unpaired) electrons. The fraction of sp³-hybridized carbons (Fsp3) is 0.449. The number of carboxylic acids is 7. The van der Waals surface area contributed by atoms with Crippen LogP contribution in [0.5, 0.6) is 0 Å². The molecule has 0 saturated carbocycles. The first-order chi connectivity index (χ1) is 36.6. The van der Waals surface area contributed by atoms with Crippen LogP contribution in [0, 0.1) is 62.3 Å². The maximum absolute atomic E-state index is 10.4. The van der Waals surface area contributed by atoms with Gasteiger partial charge in [0.25, 0.3) is 0 Å². The summed E-state index contributed by atoms with van der Waals surface area (Å²) in [5, 5.41) is 82.8. The summed E-state index contributed by atoms with van der Waals surface area (Å²) < 4.78 is 9.11. The zero-order valence-corrected chi connectivity index (χ0v) is 49.6. The number of carboxylic acid groups (broad SMARTS) is 7. The third-order valence-corrected chi connectivity index (χ3v) is 13.4. The molecule has 0 unspecified atom stereocenters. The molecule has 0 aliphatic carbocycles. The first kappa shape index (κ1) is 69.0. The first-order valence-corrected chi connectivity index (χ1v) is 26.0. The zero-order chi connectivity index (χ0) is 60.6. The molecule has 7 rings (SSSR count). The van der Waals surface area contributed by atoms with Crippen molar-refractivity contribution >= 4 is 80.4 Å². The second-order valence-corrected chi connectivity index (χ2v) is 20.4. The summed E-state index contributed by atoms with van der Waals surface area (Å²) in [6.07, 6.45) is 0.590. The summed E-state index contributed by atoms with van der Waals surface area (Å²) in [7, 11) is 8.97. The molecule has 7 heterocycles. The van der Waals surface area contributed by atoms with E-state index < -0.39 is 41.8 Å². The van der Waals surface area contributed by atoms with E-state index in [9.17, 15) is 33.6 Å². The Morgan fingerprint density at radius 1 is 0.468 bits per heavy atom. The molecule has 0 saturated heterocycles. The van der Waals surface area contributed by atoms with Crippen molar-refractivity contribution in [1.82, 2.24) is 63.9 Å². The maximum Gasteiger partial charge on any atom is 0.311 e. The van der Waals surface area contributed by atoms with Crippen LogP contribution in [0.25, 0.3) is 0 Å². The lowest BCUT2D eigenvalue weighted by Gasteiger charge is -1.91. The summed E-state index contributed by atoms with van der Waals surface area (Å²) in [5.41, 5.74) is 8.98. The highest BCUT2D eigenvalue weighted by atomic mass is 79.9. The highest BCUT2D eigenvalue weighted by Gasteiger charge is 2.14. The second kappa shape index (κ2) is 33.3. The molecule has 432 valence electrons. The SMILES string of the molecule is Cc1c(Br)c(CC(=O)O)nn1C.Cc1c(CC(=O)O)nn(C)c1C.Cc1cc(CC(=O)O)nn1C.Cc1cc(CCC(=O)O)nn1C.Cc1nc(CC(=O)O)c(C)s1.Cc1nc(CC(=O)O)cs1.Cc1nc(CC(=O)O)nn1C. The topological polar surface area (TPSA) is 389 Å². The molecule has 0 aromatic carbocycles. The Labute approximate surface area is 471 Å². The Morgan fingerprint density at radius 2 is 0.924 bits per heavy atom. The van der Waals surface area contributed by atoms with Crippen LogP contribution in [0.15, 0.2) is 22.0 Å². The molecule has 7 N–H and O–H groups in total.